The molecular weight excluding hydrogens is 308 g/mol. The molecule has 0 nitrogen and oxygen atoms in total. The van der Waals surface area contributed by atoms with Gasteiger partial charge in [-0.1, -0.05) is 54.0 Å². The van der Waals surface area contributed by atoms with Gasteiger partial charge in [0.2, 0.25) is 0 Å². The van der Waals surface area contributed by atoms with Crippen molar-refractivity contribution in [3.05, 3.63) is 57.6 Å². The van der Waals surface area contributed by atoms with Crippen molar-refractivity contribution in [2.45, 2.75) is 25.1 Å². The minimum absolute atomic E-state index is 0.0521. The maximum atomic E-state index is 5.95. The van der Waals surface area contributed by atoms with E-state index in [1.807, 2.05) is 0 Å². The second kappa shape index (κ2) is 4.11. The van der Waals surface area contributed by atoms with Crippen LogP contribution in [0, 0.1) is 0 Å². The molecule has 0 radical (unpaired) electrons. The lowest BCUT2D eigenvalue weighted by Crippen LogP contribution is -2.15. The van der Waals surface area contributed by atoms with Crippen LogP contribution in [0.4, 0.5) is 0 Å². The highest BCUT2D eigenvalue weighted by Gasteiger charge is 2.35. The molecule has 3 rings (SSSR count). The van der Waals surface area contributed by atoms with Gasteiger partial charge in [-0.2, -0.15) is 0 Å². The first-order valence-corrected chi connectivity index (χ1v) is 7.36. The molecule has 2 heteroatoms. The zero-order valence-corrected chi connectivity index (χ0v) is 12.8. The number of alkyl halides is 1. The van der Waals surface area contributed by atoms with Crippen molar-refractivity contribution in [3.8, 4) is 11.1 Å². The first kappa shape index (κ1) is 12.3. The van der Waals surface area contributed by atoms with Crippen LogP contribution in [0.3, 0.4) is 0 Å². The SMILES string of the molecule is CC1(C)c2cc(Br)ccc2-c2ccc(CCl)cc21. The number of hydrogen-bond acceptors (Lipinski definition) is 0. The van der Waals surface area contributed by atoms with Crippen LogP contribution >= 0.6 is 27.5 Å². The van der Waals surface area contributed by atoms with Crippen molar-refractivity contribution in [1.29, 1.82) is 0 Å². The summed E-state index contributed by atoms with van der Waals surface area (Å²) in [6.45, 7) is 4.56. The predicted octanol–water partition coefficient (Wildman–Crippen LogP) is 5.49. The fraction of sp³-hybridized carbons (Fsp3) is 0.250. The number of fused-ring (bicyclic) bond motifs is 3. The molecular formula is C16H14BrCl. The summed E-state index contributed by atoms with van der Waals surface area (Å²) in [6.07, 6.45) is 0. The minimum atomic E-state index is 0.0521. The molecule has 0 spiro atoms. The summed E-state index contributed by atoms with van der Waals surface area (Å²) in [7, 11) is 0. The van der Waals surface area contributed by atoms with Crippen LogP contribution in [0.15, 0.2) is 40.9 Å². The fourth-order valence-corrected chi connectivity index (χ4v) is 3.37. The molecule has 0 fully saturated rings. The second-order valence-corrected chi connectivity index (χ2v) is 6.51. The Hall–Kier alpha value is -0.790. The molecule has 0 heterocycles. The van der Waals surface area contributed by atoms with E-state index in [1.54, 1.807) is 0 Å². The topological polar surface area (TPSA) is 0 Å². The lowest BCUT2D eigenvalue weighted by molar-refractivity contribution is 0.659. The summed E-state index contributed by atoms with van der Waals surface area (Å²) in [4.78, 5) is 0. The van der Waals surface area contributed by atoms with E-state index in [1.165, 1.54) is 27.8 Å². The van der Waals surface area contributed by atoms with E-state index in [4.69, 9.17) is 11.6 Å². The molecule has 0 saturated heterocycles. The van der Waals surface area contributed by atoms with Gasteiger partial charge in [-0.25, -0.2) is 0 Å². The Kier molecular flexibility index (Phi) is 2.80. The second-order valence-electron chi connectivity index (χ2n) is 5.33. The maximum absolute atomic E-state index is 5.95. The van der Waals surface area contributed by atoms with Crippen LogP contribution < -0.4 is 0 Å². The molecule has 0 atom stereocenters. The van der Waals surface area contributed by atoms with E-state index in [2.05, 4.69) is 66.2 Å². The standard InChI is InChI=1S/C16H14BrCl/c1-16(2)14-7-10(9-18)3-5-12(14)13-6-4-11(17)8-15(13)16/h3-8H,9H2,1-2H3. The summed E-state index contributed by atoms with van der Waals surface area (Å²) < 4.78 is 1.14. The van der Waals surface area contributed by atoms with Gasteiger partial charge in [-0.3, -0.25) is 0 Å². The summed E-state index contributed by atoms with van der Waals surface area (Å²) in [5.41, 5.74) is 6.70. The molecule has 0 amide bonds. The third-order valence-corrected chi connectivity index (χ3v) is 4.66. The molecule has 0 bridgehead atoms. The Morgan fingerprint density at radius 1 is 1.00 bits per heavy atom. The molecule has 0 unspecified atom stereocenters. The van der Waals surface area contributed by atoms with Crippen LogP contribution in [0.2, 0.25) is 0 Å². The lowest BCUT2D eigenvalue weighted by atomic mass is 9.82. The maximum Gasteiger partial charge on any atom is 0.0474 e. The molecule has 0 N–H and O–H groups in total. The smallest absolute Gasteiger partial charge is 0.0474 e. The van der Waals surface area contributed by atoms with Crippen LogP contribution in [0.1, 0.15) is 30.5 Å². The number of benzene rings is 2. The van der Waals surface area contributed by atoms with Gasteiger partial charge < -0.3 is 0 Å². The Labute approximate surface area is 121 Å². The zero-order valence-electron chi connectivity index (χ0n) is 10.4. The highest BCUT2D eigenvalue weighted by atomic mass is 79.9. The van der Waals surface area contributed by atoms with E-state index in [-0.39, 0.29) is 5.41 Å². The summed E-state index contributed by atoms with van der Waals surface area (Å²) in [5.74, 6) is 0.573. The van der Waals surface area contributed by atoms with Gasteiger partial charge >= 0.3 is 0 Å². The van der Waals surface area contributed by atoms with Crippen molar-refractivity contribution < 1.29 is 0 Å². The number of rotatable bonds is 1. The van der Waals surface area contributed by atoms with E-state index >= 15 is 0 Å². The summed E-state index contributed by atoms with van der Waals surface area (Å²) in [5, 5.41) is 0. The van der Waals surface area contributed by atoms with E-state index in [0.29, 0.717) is 5.88 Å². The molecule has 0 aliphatic heterocycles. The third kappa shape index (κ3) is 1.64. The van der Waals surface area contributed by atoms with Crippen LogP contribution in [0.5, 0.6) is 0 Å². The normalized spacial score (nSPS) is 15.3. The fourth-order valence-electron chi connectivity index (χ4n) is 2.84. The van der Waals surface area contributed by atoms with E-state index < -0.39 is 0 Å². The van der Waals surface area contributed by atoms with Gasteiger partial charge in [-0.05, 0) is 39.9 Å². The van der Waals surface area contributed by atoms with Crippen molar-refractivity contribution >= 4 is 27.5 Å². The quantitative estimate of drug-likeness (QED) is 0.609. The van der Waals surface area contributed by atoms with Crippen molar-refractivity contribution in [2.75, 3.05) is 0 Å². The van der Waals surface area contributed by atoms with Gasteiger partial charge in [0.15, 0.2) is 0 Å². The Morgan fingerprint density at radius 3 is 2.28 bits per heavy atom. The Bertz CT molecular complexity index is 629. The number of hydrogen-bond donors (Lipinski definition) is 0. The Morgan fingerprint density at radius 2 is 1.61 bits per heavy atom. The van der Waals surface area contributed by atoms with Gasteiger partial charge in [0.05, 0.1) is 0 Å². The molecule has 92 valence electrons. The van der Waals surface area contributed by atoms with Crippen LogP contribution in [-0.4, -0.2) is 0 Å². The average Bonchev–Trinajstić information content (AvgIpc) is 2.58. The monoisotopic (exact) mass is 320 g/mol. The van der Waals surface area contributed by atoms with Gasteiger partial charge in [0.1, 0.15) is 0 Å². The van der Waals surface area contributed by atoms with E-state index in [0.717, 1.165) is 4.47 Å². The molecule has 18 heavy (non-hydrogen) atoms. The van der Waals surface area contributed by atoms with Gasteiger partial charge in [-0.15, -0.1) is 11.6 Å². The molecule has 1 aliphatic rings. The molecule has 1 aliphatic carbocycles. The van der Waals surface area contributed by atoms with Gasteiger partial charge in [0, 0.05) is 15.8 Å². The van der Waals surface area contributed by atoms with E-state index in [9.17, 15) is 0 Å². The summed E-state index contributed by atoms with van der Waals surface area (Å²) in [6, 6.07) is 13.1. The molecule has 2 aromatic carbocycles. The number of halogens is 2. The molecule has 2 aromatic rings. The third-order valence-electron chi connectivity index (χ3n) is 3.86. The first-order chi connectivity index (χ1) is 8.54. The predicted molar refractivity (Wildman–Crippen MR) is 81.3 cm³/mol. The van der Waals surface area contributed by atoms with Crippen LogP contribution in [0.25, 0.3) is 11.1 Å². The van der Waals surface area contributed by atoms with Crippen molar-refractivity contribution in [3.63, 3.8) is 0 Å². The molecule has 0 aromatic heterocycles. The highest BCUT2D eigenvalue weighted by molar-refractivity contribution is 9.10. The Balaban J connectivity index is 2.31. The van der Waals surface area contributed by atoms with Crippen molar-refractivity contribution in [1.82, 2.24) is 0 Å². The van der Waals surface area contributed by atoms with Crippen LogP contribution in [-0.2, 0) is 11.3 Å². The first-order valence-electron chi connectivity index (χ1n) is 6.04. The van der Waals surface area contributed by atoms with Gasteiger partial charge in [0.25, 0.3) is 0 Å². The zero-order chi connectivity index (χ0) is 12.9. The average molecular weight is 322 g/mol. The summed E-state index contributed by atoms with van der Waals surface area (Å²) >= 11 is 9.52. The largest absolute Gasteiger partial charge is 0.122 e. The van der Waals surface area contributed by atoms with Crippen molar-refractivity contribution in [2.24, 2.45) is 0 Å². The minimum Gasteiger partial charge on any atom is -0.122 e. The lowest BCUT2D eigenvalue weighted by Gasteiger charge is -2.22. The molecule has 0 saturated carbocycles. The highest BCUT2D eigenvalue weighted by Crippen LogP contribution is 2.49.